The number of nitrogens with zero attached hydrogens (tertiary/aromatic N) is 4. The highest BCUT2D eigenvalue weighted by molar-refractivity contribution is 5.82. The number of nitrogens with one attached hydrogen (secondary N) is 2. The lowest BCUT2D eigenvalue weighted by atomic mass is 9.80. The SMILES string of the molecule is CC1CC(C(=O)N2CCCC3(COCCN(c4ncccn4)C3)C2)NN1. The van der Waals surface area contributed by atoms with Crippen LogP contribution in [0, 0.1) is 5.41 Å². The first kappa shape index (κ1) is 17.6. The second-order valence-corrected chi connectivity index (χ2v) is 7.86. The number of hydrogen-bond donors (Lipinski definition) is 2. The van der Waals surface area contributed by atoms with Gasteiger partial charge in [-0.25, -0.2) is 15.4 Å². The Balaban J connectivity index is 1.48. The Labute approximate surface area is 154 Å². The van der Waals surface area contributed by atoms with Crippen LogP contribution >= 0.6 is 0 Å². The molecule has 0 saturated carbocycles. The van der Waals surface area contributed by atoms with Crippen molar-refractivity contribution < 1.29 is 9.53 Å². The van der Waals surface area contributed by atoms with Crippen LogP contribution in [-0.4, -0.2) is 72.3 Å². The molecule has 3 fully saturated rings. The zero-order valence-electron chi connectivity index (χ0n) is 15.4. The van der Waals surface area contributed by atoms with E-state index in [1.54, 1.807) is 12.4 Å². The summed E-state index contributed by atoms with van der Waals surface area (Å²) in [6.07, 6.45) is 6.46. The van der Waals surface area contributed by atoms with Gasteiger partial charge >= 0.3 is 0 Å². The maximum atomic E-state index is 13.0. The molecule has 0 bridgehead atoms. The van der Waals surface area contributed by atoms with Gasteiger partial charge in [-0.3, -0.25) is 10.2 Å². The van der Waals surface area contributed by atoms with Crippen molar-refractivity contribution in [2.75, 3.05) is 44.3 Å². The fraction of sp³-hybridized carbons (Fsp3) is 0.722. The van der Waals surface area contributed by atoms with E-state index >= 15 is 0 Å². The topological polar surface area (TPSA) is 82.6 Å². The molecule has 8 heteroatoms. The Kier molecular flexibility index (Phi) is 5.06. The van der Waals surface area contributed by atoms with Crippen LogP contribution in [0.25, 0.3) is 0 Å². The average Bonchev–Trinajstić information content (AvgIpc) is 3.00. The standard InChI is InChI=1S/C18H28N6O2/c1-14-10-15(22-21-14)16(25)23-7-2-4-18(11-23)12-24(8-9-26-13-18)17-19-5-3-6-20-17/h3,5-6,14-15,21-22H,2,4,7-13H2,1H3. The molecule has 0 radical (unpaired) electrons. The summed E-state index contributed by atoms with van der Waals surface area (Å²) >= 11 is 0. The Morgan fingerprint density at radius 3 is 2.88 bits per heavy atom. The third-order valence-corrected chi connectivity index (χ3v) is 5.64. The van der Waals surface area contributed by atoms with Gasteiger partial charge in [-0.1, -0.05) is 0 Å². The van der Waals surface area contributed by atoms with E-state index in [4.69, 9.17) is 4.74 Å². The monoisotopic (exact) mass is 360 g/mol. The number of hydrazine groups is 1. The summed E-state index contributed by atoms with van der Waals surface area (Å²) in [4.78, 5) is 26.0. The summed E-state index contributed by atoms with van der Waals surface area (Å²) in [6.45, 7) is 6.62. The Bertz CT molecular complexity index is 629. The van der Waals surface area contributed by atoms with Crippen molar-refractivity contribution in [2.45, 2.75) is 38.3 Å². The van der Waals surface area contributed by atoms with Crippen LogP contribution in [0.2, 0.25) is 0 Å². The predicted octanol–water partition coefficient (Wildman–Crippen LogP) is 0.177. The van der Waals surface area contributed by atoms with Gasteiger partial charge in [0, 0.05) is 50.0 Å². The summed E-state index contributed by atoms with van der Waals surface area (Å²) in [6, 6.07) is 2.04. The van der Waals surface area contributed by atoms with Crippen LogP contribution in [0.5, 0.6) is 0 Å². The largest absolute Gasteiger partial charge is 0.379 e. The van der Waals surface area contributed by atoms with Gasteiger partial charge in [0.05, 0.1) is 13.2 Å². The molecule has 1 aromatic heterocycles. The third-order valence-electron chi connectivity index (χ3n) is 5.64. The minimum atomic E-state index is -0.125. The van der Waals surface area contributed by atoms with E-state index in [0.29, 0.717) is 19.3 Å². The third kappa shape index (κ3) is 3.67. The normalized spacial score (nSPS) is 32.7. The van der Waals surface area contributed by atoms with Crippen LogP contribution in [0.3, 0.4) is 0 Å². The number of hydrogen-bond acceptors (Lipinski definition) is 7. The van der Waals surface area contributed by atoms with Crippen molar-refractivity contribution in [1.82, 2.24) is 25.7 Å². The fourth-order valence-corrected chi connectivity index (χ4v) is 4.36. The van der Waals surface area contributed by atoms with Crippen LogP contribution in [0.1, 0.15) is 26.2 Å². The number of carbonyl (C=O) groups is 1. The minimum absolute atomic E-state index is 0.0543. The molecule has 1 spiro atoms. The molecule has 2 N–H and O–H groups in total. The van der Waals surface area contributed by atoms with Gasteiger partial charge in [0.2, 0.25) is 11.9 Å². The fourth-order valence-electron chi connectivity index (χ4n) is 4.36. The molecule has 26 heavy (non-hydrogen) atoms. The molecule has 0 aliphatic carbocycles. The molecule has 0 aromatic carbocycles. The van der Waals surface area contributed by atoms with Crippen LogP contribution in [0.4, 0.5) is 5.95 Å². The average molecular weight is 360 g/mol. The van der Waals surface area contributed by atoms with E-state index in [1.807, 2.05) is 11.0 Å². The molecule has 3 atom stereocenters. The Morgan fingerprint density at radius 2 is 2.12 bits per heavy atom. The van der Waals surface area contributed by atoms with E-state index in [2.05, 4.69) is 32.6 Å². The molecule has 3 aliphatic heterocycles. The number of aromatic nitrogens is 2. The number of ether oxygens (including phenoxy) is 1. The lowest BCUT2D eigenvalue weighted by Crippen LogP contribution is -2.55. The highest BCUT2D eigenvalue weighted by atomic mass is 16.5. The number of carbonyl (C=O) groups excluding carboxylic acids is 1. The molecule has 3 unspecified atom stereocenters. The quantitative estimate of drug-likeness (QED) is 0.778. The number of anilines is 1. The minimum Gasteiger partial charge on any atom is -0.379 e. The predicted molar refractivity (Wildman–Crippen MR) is 97.4 cm³/mol. The van der Waals surface area contributed by atoms with E-state index < -0.39 is 0 Å². The zero-order valence-corrected chi connectivity index (χ0v) is 15.4. The number of piperidine rings is 1. The van der Waals surface area contributed by atoms with Crippen LogP contribution < -0.4 is 15.8 Å². The van der Waals surface area contributed by atoms with Crippen molar-refractivity contribution in [3.63, 3.8) is 0 Å². The van der Waals surface area contributed by atoms with Crippen LogP contribution in [-0.2, 0) is 9.53 Å². The lowest BCUT2D eigenvalue weighted by Gasteiger charge is -2.44. The molecule has 8 nitrogen and oxygen atoms in total. The molecule has 142 valence electrons. The van der Waals surface area contributed by atoms with E-state index in [1.165, 1.54) is 0 Å². The van der Waals surface area contributed by atoms with Crippen LogP contribution in [0.15, 0.2) is 18.5 Å². The van der Waals surface area contributed by atoms with Gasteiger partial charge in [0.1, 0.15) is 6.04 Å². The van der Waals surface area contributed by atoms with E-state index in [9.17, 15) is 4.79 Å². The summed E-state index contributed by atoms with van der Waals surface area (Å²) in [5.41, 5.74) is 6.24. The number of rotatable bonds is 2. The second kappa shape index (κ2) is 7.46. The van der Waals surface area contributed by atoms with E-state index in [0.717, 1.165) is 51.4 Å². The Morgan fingerprint density at radius 1 is 1.27 bits per heavy atom. The molecule has 1 amide bonds. The first-order chi connectivity index (χ1) is 12.7. The van der Waals surface area contributed by atoms with E-state index in [-0.39, 0.29) is 17.4 Å². The maximum absolute atomic E-state index is 13.0. The summed E-state index contributed by atoms with van der Waals surface area (Å²) in [5, 5.41) is 0. The van der Waals surface area contributed by atoms with Crippen molar-refractivity contribution in [1.29, 1.82) is 0 Å². The summed E-state index contributed by atoms with van der Waals surface area (Å²) in [7, 11) is 0. The van der Waals surface area contributed by atoms with Gasteiger partial charge in [0.15, 0.2) is 0 Å². The molecule has 1 aromatic rings. The van der Waals surface area contributed by atoms with Gasteiger partial charge in [-0.2, -0.15) is 0 Å². The van der Waals surface area contributed by atoms with Gasteiger partial charge < -0.3 is 14.5 Å². The first-order valence-corrected chi connectivity index (χ1v) is 9.55. The number of amides is 1. The van der Waals surface area contributed by atoms with Crippen molar-refractivity contribution in [2.24, 2.45) is 5.41 Å². The van der Waals surface area contributed by atoms with Gasteiger partial charge in [0.25, 0.3) is 0 Å². The summed E-state index contributed by atoms with van der Waals surface area (Å²) in [5.74, 6) is 0.948. The first-order valence-electron chi connectivity index (χ1n) is 9.55. The molecular formula is C18H28N6O2. The molecule has 3 saturated heterocycles. The molecule has 3 aliphatic rings. The smallest absolute Gasteiger partial charge is 0.241 e. The number of likely N-dealkylation sites (tertiary alicyclic amines) is 1. The zero-order chi connectivity index (χ0) is 18.0. The summed E-state index contributed by atoms with van der Waals surface area (Å²) < 4.78 is 5.95. The van der Waals surface area contributed by atoms with Crippen molar-refractivity contribution >= 4 is 11.9 Å². The van der Waals surface area contributed by atoms with Gasteiger partial charge in [-0.05, 0) is 32.3 Å². The Hall–Kier alpha value is -1.77. The van der Waals surface area contributed by atoms with Crippen molar-refractivity contribution in [3.8, 4) is 0 Å². The van der Waals surface area contributed by atoms with Crippen molar-refractivity contribution in [3.05, 3.63) is 18.5 Å². The molecular weight excluding hydrogens is 332 g/mol. The highest BCUT2D eigenvalue weighted by Crippen LogP contribution is 2.34. The maximum Gasteiger partial charge on any atom is 0.241 e. The molecule has 4 rings (SSSR count). The second-order valence-electron chi connectivity index (χ2n) is 7.86. The lowest BCUT2D eigenvalue weighted by molar-refractivity contribution is -0.137. The molecule has 4 heterocycles. The highest BCUT2D eigenvalue weighted by Gasteiger charge is 2.42. The van der Waals surface area contributed by atoms with Gasteiger partial charge in [-0.15, -0.1) is 0 Å².